The van der Waals surface area contributed by atoms with Gasteiger partial charge < -0.3 is 10.1 Å². The molecule has 0 bridgehead atoms. The first kappa shape index (κ1) is 22.8. The fourth-order valence-corrected chi connectivity index (χ4v) is 3.88. The molecule has 7 nitrogen and oxygen atoms in total. The Bertz CT molecular complexity index is 973. The molecule has 31 heavy (non-hydrogen) atoms. The molecule has 0 saturated carbocycles. The van der Waals surface area contributed by atoms with E-state index in [0.717, 1.165) is 29.8 Å². The van der Waals surface area contributed by atoms with Gasteiger partial charge in [-0.3, -0.25) is 14.3 Å². The Morgan fingerprint density at radius 1 is 1.06 bits per heavy atom. The van der Waals surface area contributed by atoms with E-state index in [9.17, 15) is 4.79 Å². The first-order valence-corrected chi connectivity index (χ1v) is 11.4. The fourth-order valence-electron chi connectivity index (χ4n) is 3.12. The highest BCUT2D eigenvalue weighted by Gasteiger charge is 2.18. The van der Waals surface area contributed by atoms with Crippen LogP contribution >= 0.6 is 11.8 Å². The van der Waals surface area contributed by atoms with Crippen LogP contribution in [0.15, 0.2) is 53.9 Å². The van der Waals surface area contributed by atoms with Crippen molar-refractivity contribution in [3.8, 4) is 22.8 Å². The van der Waals surface area contributed by atoms with Gasteiger partial charge in [0, 0.05) is 29.7 Å². The predicted octanol–water partition coefficient (Wildman–Crippen LogP) is 4.37. The van der Waals surface area contributed by atoms with Gasteiger partial charge in [0.2, 0.25) is 5.91 Å². The molecule has 0 aliphatic carbocycles. The molecule has 2 aromatic heterocycles. The van der Waals surface area contributed by atoms with E-state index < -0.39 is 0 Å². The third-order valence-corrected chi connectivity index (χ3v) is 5.75. The molecule has 1 unspecified atom stereocenters. The smallest absolute Gasteiger partial charge is 0.230 e. The van der Waals surface area contributed by atoms with Gasteiger partial charge in [0.15, 0.2) is 11.0 Å². The van der Waals surface area contributed by atoms with Crippen LogP contribution in [0.25, 0.3) is 17.1 Å². The molecule has 3 rings (SSSR count). The Morgan fingerprint density at radius 3 is 2.42 bits per heavy atom. The number of methoxy groups -OCH3 is 1. The van der Waals surface area contributed by atoms with Crippen LogP contribution in [0, 0.1) is 5.92 Å². The molecule has 8 heteroatoms. The molecule has 1 N–H and O–H groups in total. The number of amides is 1. The summed E-state index contributed by atoms with van der Waals surface area (Å²) in [6.07, 6.45) is 5.51. The Labute approximate surface area is 187 Å². The van der Waals surface area contributed by atoms with Gasteiger partial charge in [-0.25, -0.2) is 0 Å². The lowest BCUT2D eigenvalue weighted by Gasteiger charge is -2.15. The molecular weight excluding hydrogens is 410 g/mol. The first-order valence-electron chi connectivity index (χ1n) is 10.4. The Balaban J connectivity index is 1.78. The van der Waals surface area contributed by atoms with E-state index in [0.29, 0.717) is 16.9 Å². The first-order chi connectivity index (χ1) is 15.0. The topological polar surface area (TPSA) is 81.9 Å². The molecule has 0 aliphatic heterocycles. The van der Waals surface area contributed by atoms with Crippen LogP contribution in [0.3, 0.4) is 0 Å². The molecule has 0 radical (unpaired) electrons. The van der Waals surface area contributed by atoms with E-state index in [1.165, 1.54) is 11.8 Å². The van der Waals surface area contributed by atoms with Crippen LogP contribution in [0.2, 0.25) is 0 Å². The van der Waals surface area contributed by atoms with Crippen LogP contribution < -0.4 is 10.1 Å². The van der Waals surface area contributed by atoms with Crippen molar-refractivity contribution >= 4 is 17.7 Å². The van der Waals surface area contributed by atoms with Crippen LogP contribution in [0.4, 0.5) is 0 Å². The monoisotopic (exact) mass is 439 g/mol. The van der Waals surface area contributed by atoms with Crippen molar-refractivity contribution < 1.29 is 9.53 Å². The summed E-state index contributed by atoms with van der Waals surface area (Å²) < 4.78 is 7.23. The Kier molecular flexibility index (Phi) is 8.06. The third kappa shape index (κ3) is 6.30. The number of pyridine rings is 1. The SMILES string of the molecule is COc1ccc(-n2c(SCC(=O)NC(C)CCC(C)C)nnc2-c2ccncc2)cc1. The number of nitrogens with zero attached hydrogens (tertiary/aromatic N) is 4. The second-order valence-electron chi connectivity index (χ2n) is 7.80. The van der Waals surface area contributed by atoms with Gasteiger partial charge in [-0.15, -0.1) is 10.2 Å². The van der Waals surface area contributed by atoms with Crippen molar-refractivity contribution in [3.05, 3.63) is 48.8 Å². The number of nitrogens with one attached hydrogen (secondary N) is 1. The molecule has 0 aliphatic rings. The van der Waals surface area contributed by atoms with Gasteiger partial charge in [0.1, 0.15) is 5.75 Å². The van der Waals surface area contributed by atoms with Crippen molar-refractivity contribution in [1.82, 2.24) is 25.1 Å². The maximum atomic E-state index is 12.5. The van der Waals surface area contributed by atoms with Gasteiger partial charge in [-0.2, -0.15) is 0 Å². The highest BCUT2D eigenvalue weighted by Crippen LogP contribution is 2.28. The van der Waals surface area contributed by atoms with Gasteiger partial charge in [-0.1, -0.05) is 25.6 Å². The quantitative estimate of drug-likeness (QED) is 0.472. The molecule has 0 saturated heterocycles. The van der Waals surface area contributed by atoms with Crippen molar-refractivity contribution in [2.75, 3.05) is 12.9 Å². The van der Waals surface area contributed by atoms with Crippen LogP contribution in [-0.4, -0.2) is 44.6 Å². The van der Waals surface area contributed by atoms with E-state index in [2.05, 4.69) is 34.3 Å². The lowest BCUT2D eigenvalue weighted by molar-refractivity contribution is -0.119. The molecule has 1 aromatic carbocycles. The number of ether oxygens (including phenoxy) is 1. The van der Waals surface area contributed by atoms with Gasteiger partial charge in [-0.05, 0) is 62.1 Å². The molecule has 1 amide bonds. The minimum Gasteiger partial charge on any atom is -0.497 e. The van der Waals surface area contributed by atoms with E-state index in [1.807, 2.05) is 47.9 Å². The average molecular weight is 440 g/mol. The number of hydrogen-bond acceptors (Lipinski definition) is 6. The zero-order chi connectivity index (χ0) is 22.2. The number of benzene rings is 1. The van der Waals surface area contributed by atoms with E-state index in [4.69, 9.17) is 4.74 Å². The van der Waals surface area contributed by atoms with Crippen LogP contribution in [0.5, 0.6) is 5.75 Å². The molecule has 0 spiro atoms. The van der Waals surface area contributed by atoms with Crippen LogP contribution in [-0.2, 0) is 4.79 Å². The minimum atomic E-state index is -0.00371. The fraction of sp³-hybridized carbons (Fsp3) is 0.391. The molecule has 2 heterocycles. The summed E-state index contributed by atoms with van der Waals surface area (Å²) in [5.41, 5.74) is 1.79. The number of thioether (sulfide) groups is 1. The number of hydrogen-bond donors (Lipinski definition) is 1. The van der Waals surface area contributed by atoms with Gasteiger partial charge in [0.05, 0.1) is 12.9 Å². The summed E-state index contributed by atoms with van der Waals surface area (Å²) in [7, 11) is 1.64. The molecule has 164 valence electrons. The summed E-state index contributed by atoms with van der Waals surface area (Å²) in [5.74, 6) is 2.36. The van der Waals surface area contributed by atoms with Gasteiger partial charge in [0.25, 0.3) is 0 Å². The summed E-state index contributed by atoms with van der Waals surface area (Å²) in [4.78, 5) is 16.5. The highest BCUT2D eigenvalue weighted by atomic mass is 32.2. The number of aromatic nitrogens is 4. The molecule has 0 fully saturated rings. The molecular formula is C23H29N5O2S. The second-order valence-corrected chi connectivity index (χ2v) is 8.75. The second kappa shape index (κ2) is 10.9. The standard InChI is InChI=1S/C23H29N5O2S/c1-16(2)5-6-17(3)25-21(29)15-31-23-27-26-22(18-11-13-24-14-12-18)28(23)19-7-9-20(30-4)10-8-19/h7-14,16-17H,5-6,15H2,1-4H3,(H,25,29). The maximum Gasteiger partial charge on any atom is 0.230 e. The van der Waals surface area contributed by atoms with E-state index >= 15 is 0 Å². The Hall–Kier alpha value is -2.87. The lowest BCUT2D eigenvalue weighted by Crippen LogP contribution is -2.34. The zero-order valence-electron chi connectivity index (χ0n) is 18.4. The third-order valence-electron chi connectivity index (χ3n) is 4.82. The predicted molar refractivity (Wildman–Crippen MR) is 124 cm³/mol. The zero-order valence-corrected chi connectivity index (χ0v) is 19.2. The summed E-state index contributed by atoms with van der Waals surface area (Å²) in [6, 6.07) is 11.6. The van der Waals surface area contributed by atoms with E-state index in [-0.39, 0.29) is 17.7 Å². The normalized spacial score (nSPS) is 12.0. The molecule has 1 atom stereocenters. The van der Waals surface area contributed by atoms with Crippen molar-refractivity contribution in [3.63, 3.8) is 0 Å². The van der Waals surface area contributed by atoms with Crippen molar-refractivity contribution in [1.29, 1.82) is 0 Å². The minimum absolute atomic E-state index is 0.00371. The van der Waals surface area contributed by atoms with E-state index in [1.54, 1.807) is 19.5 Å². The number of rotatable bonds is 10. The summed E-state index contributed by atoms with van der Waals surface area (Å²) in [5, 5.41) is 12.5. The maximum absolute atomic E-state index is 12.5. The summed E-state index contributed by atoms with van der Waals surface area (Å²) >= 11 is 1.37. The van der Waals surface area contributed by atoms with Gasteiger partial charge >= 0.3 is 0 Å². The van der Waals surface area contributed by atoms with Crippen LogP contribution in [0.1, 0.15) is 33.6 Å². The lowest BCUT2D eigenvalue weighted by atomic mass is 10.0. The summed E-state index contributed by atoms with van der Waals surface area (Å²) in [6.45, 7) is 6.43. The number of carbonyl (C=O) groups is 1. The highest BCUT2D eigenvalue weighted by molar-refractivity contribution is 7.99. The average Bonchev–Trinajstić information content (AvgIpc) is 3.21. The van der Waals surface area contributed by atoms with Crippen molar-refractivity contribution in [2.24, 2.45) is 5.92 Å². The Morgan fingerprint density at radius 2 is 1.77 bits per heavy atom. The number of carbonyl (C=O) groups excluding carboxylic acids is 1. The molecule has 3 aromatic rings. The largest absolute Gasteiger partial charge is 0.497 e. The van der Waals surface area contributed by atoms with Crippen molar-refractivity contribution in [2.45, 2.75) is 44.8 Å².